The van der Waals surface area contributed by atoms with Crippen molar-refractivity contribution in [2.45, 2.75) is 27.7 Å². The minimum atomic E-state index is 0.903. The van der Waals surface area contributed by atoms with E-state index in [2.05, 4.69) is 84.8 Å². The Morgan fingerprint density at radius 2 is 1.59 bits per heavy atom. The molecule has 27 heavy (non-hydrogen) atoms. The Morgan fingerprint density at radius 3 is 2.33 bits per heavy atom. The summed E-state index contributed by atoms with van der Waals surface area (Å²) in [5.41, 5.74) is 10.5. The van der Waals surface area contributed by atoms with Gasteiger partial charge in [-0.2, -0.15) is 4.57 Å². The van der Waals surface area contributed by atoms with Gasteiger partial charge in [-0.1, -0.05) is 23.8 Å². The van der Waals surface area contributed by atoms with E-state index in [4.69, 9.17) is 0 Å². The Hall–Kier alpha value is -3.07. The number of hydrogen-bond donors (Lipinski definition) is 0. The predicted octanol–water partition coefficient (Wildman–Crippen LogP) is 5.02. The lowest BCUT2D eigenvalue weighted by atomic mass is 9.95. The molecular formula is C24H24N3+. The molecule has 4 rings (SSSR count). The highest BCUT2D eigenvalue weighted by molar-refractivity contribution is 5.93. The highest BCUT2D eigenvalue weighted by Crippen LogP contribution is 2.32. The van der Waals surface area contributed by atoms with Gasteiger partial charge in [-0.05, 0) is 51.0 Å². The first-order valence-electron chi connectivity index (χ1n) is 9.24. The van der Waals surface area contributed by atoms with Crippen LogP contribution >= 0.6 is 0 Å². The fourth-order valence-electron chi connectivity index (χ4n) is 3.74. The van der Waals surface area contributed by atoms with Crippen molar-refractivity contribution in [3.05, 3.63) is 77.2 Å². The van der Waals surface area contributed by atoms with E-state index >= 15 is 0 Å². The van der Waals surface area contributed by atoms with Crippen LogP contribution in [-0.4, -0.2) is 9.97 Å². The highest BCUT2D eigenvalue weighted by Gasteiger charge is 2.21. The lowest BCUT2D eigenvalue weighted by Crippen LogP contribution is -2.32. The second-order valence-electron chi connectivity index (χ2n) is 7.32. The fraction of sp³-hybridized carbons (Fsp3) is 0.208. The van der Waals surface area contributed by atoms with Gasteiger partial charge in [0.05, 0.1) is 23.0 Å². The molecule has 3 nitrogen and oxygen atoms in total. The molecular weight excluding hydrogens is 330 g/mol. The largest absolute Gasteiger partial charge is 0.258 e. The smallest absolute Gasteiger partial charge is 0.213 e. The van der Waals surface area contributed by atoms with E-state index in [-0.39, 0.29) is 0 Å². The summed E-state index contributed by atoms with van der Waals surface area (Å²) in [6, 6.07) is 15.3. The summed E-state index contributed by atoms with van der Waals surface area (Å²) >= 11 is 0. The number of para-hydroxylation sites is 1. The number of aromatic nitrogens is 3. The second-order valence-corrected chi connectivity index (χ2v) is 7.32. The molecule has 0 bridgehead atoms. The van der Waals surface area contributed by atoms with E-state index in [9.17, 15) is 0 Å². The lowest BCUT2D eigenvalue weighted by molar-refractivity contribution is -0.633. The molecule has 0 spiro atoms. The predicted molar refractivity (Wildman–Crippen MR) is 111 cm³/mol. The summed E-state index contributed by atoms with van der Waals surface area (Å²) < 4.78 is 2.28. The summed E-state index contributed by atoms with van der Waals surface area (Å²) in [5, 5.41) is 1.18. The van der Waals surface area contributed by atoms with Crippen LogP contribution in [0.2, 0.25) is 0 Å². The summed E-state index contributed by atoms with van der Waals surface area (Å²) in [5.74, 6) is 0. The van der Waals surface area contributed by atoms with Crippen molar-refractivity contribution in [2.24, 2.45) is 7.05 Å². The molecule has 134 valence electrons. The Morgan fingerprint density at radius 1 is 0.815 bits per heavy atom. The zero-order chi connectivity index (χ0) is 19.1. The Balaban J connectivity index is 2.09. The van der Waals surface area contributed by atoms with Crippen LogP contribution in [0.15, 0.2) is 54.9 Å². The number of aryl methyl sites for hydroxylation is 4. The van der Waals surface area contributed by atoms with Gasteiger partial charge in [-0.25, -0.2) is 0 Å². The Bertz CT molecular complexity index is 1160. The first-order valence-corrected chi connectivity index (χ1v) is 9.24. The van der Waals surface area contributed by atoms with Gasteiger partial charge < -0.3 is 0 Å². The minimum Gasteiger partial charge on any atom is -0.258 e. The average molecular weight is 354 g/mol. The van der Waals surface area contributed by atoms with Crippen LogP contribution in [0, 0.1) is 27.7 Å². The molecule has 0 radical (unpaired) electrons. The molecule has 2 aromatic heterocycles. The van der Waals surface area contributed by atoms with E-state index in [1.165, 1.54) is 38.9 Å². The molecule has 3 heteroatoms. The minimum absolute atomic E-state index is 0.903. The van der Waals surface area contributed by atoms with Crippen molar-refractivity contribution in [1.82, 2.24) is 9.97 Å². The number of rotatable bonds is 2. The maximum Gasteiger partial charge on any atom is 0.213 e. The van der Waals surface area contributed by atoms with Gasteiger partial charge in [-0.15, -0.1) is 0 Å². The first-order chi connectivity index (χ1) is 13.0. The summed E-state index contributed by atoms with van der Waals surface area (Å²) in [7, 11) is 2.14. The van der Waals surface area contributed by atoms with Crippen LogP contribution < -0.4 is 4.57 Å². The van der Waals surface area contributed by atoms with E-state index in [0.29, 0.717) is 0 Å². The molecule has 2 heterocycles. The molecule has 4 aromatic rings. The molecule has 0 aliphatic rings. The van der Waals surface area contributed by atoms with E-state index in [1.807, 2.05) is 19.3 Å². The molecule has 0 saturated carbocycles. The summed E-state index contributed by atoms with van der Waals surface area (Å²) in [6.07, 6.45) is 3.70. The normalized spacial score (nSPS) is 11.1. The Labute approximate surface area is 160 Å². The van der Waals surface area contributed by atoms with Gasteiger partial charge in [0.1, 0.15) is 7.05 Å². The average Bonchev–Trinajstić information content (AvgIpc) is 2.66. The van der Waals surface area contributed by atoms with Crippen molar-refractivity contribution in [3.63, 3.8) is 0 Å². The standard InChI is InChI=1S/C24H24N3/c1-15-10-16(2)18(4)20(11-15)24-12-21(22-14-25-17(3)13-26-22)19-8-6-7-9-23(19)27(24)5/h6-14H,1-5H3/q+1. The third-order valence-electron chi connectivity index (χ3n) is 5.34. The fourth-order valence-corrected chi connectivity index (χ4v) is 3.74. The summed E-state index contributed by atoms with van der Waals surface area (Å²) in [6.45, 7) is 8.50. The van der Waals surface area contributed by atoms with Crippen LogP contribution in [0.4, 0.5) is 0 Å². The second kappa shape index (κ2) is 6.58. The van der Waals surface area contributed by atoms with Crippen LogP contribution in [0.5, 0.6) is 0 Å². The molecule has 2 aromatic carbocycles. The maximum atomic E-state index is 4.65. The van der Waals surface area contributed by atoms with Crippen molar-refractivity contribution in [2.75, 3.05) is 0 Å². The Kier molecular flexibility index (Phi) is 4.23. The quantitative estimate of drug-likeness (QED) is 0.473. The molecule has 0 aliphatic carbocycles. The number of nitrogens with zero attached hydrogens (tertiary/aromatic N) is 3. The molecule has 0 aliphatic heterocycles. The van der Waals surface area contributed by atoms with E-state index in [1.54, 1.807) is 0 Å². The monoisotopic (exact) mass is 354 g/mol. The highest BCUT2D eigenvalue weighted by atomic mass is 14.9. The number of pyridine rings is 1. The topological polar surface area (TPSA) is 29.7 Å². The van der Waals surface area contributed by atoms with E-state index < -0.39 is 0 Å². The van der Waals surface area contributed by atoms with Crippen molar-refractivity contribution in [1.29, 1.82) is 0 Å². The van der Waals surface area contributed by atoms with E-state index in [0.717, 1.165) is 17.0 Å². The van der Waals surface area contributed by atoms with Gasteiger partial charge in [-0.3, -0.25) is 9.97 Å². The molecule has 0 N–H and O–H groups in total. The van der Waals surface area contributed by atoms with Crippen LogP contribution in [0.25, 0.3) is 33.4 Å². The number of fused-ring (bicyclic) bond motifs is 1. The zero-order valence-electron chi connectivity index (χ0n) is 16.5. The lowest BCUT2D eigenvalue weighted by Gasteiger charge is -2.13. The van der Waals surface area contributed by atoms with Gasteiger partial charge in [0, 0.05) is 29.5 Å². The SMILES string of the molecule is Cc1cc(C)c(C)c(-c2cc(-c3cnc(C)cn3)c3ccccc3[n+]2C)c1. The molecule has 0 unspecified atom stereocenters. The van der Waals surface area contributed by atoms with Gasteiger partial charge in [0.2, 0.25) is 11.2 Å². The zero-order valence-corrected chi connectivity index (χ0v) is 16.5. The van der Waals surface area contributed by atoms with Crippen molar-refractivity contribution >= 4 is 10.9 Å². The first kappa shape index (κ1) is 17.3. The number of benzene rings is 2. The van der Waals surface area contributed by atoms with Gasteiger partial charge in [0.25, 0.3) is 0 Å². The summed E-state index contributed by atoms with van der Waals surface area (Å²) in [4.78, 5) is 9.11. The molecule has 0 fully saturated rings. The van der Waals surface area contributed by atoms with Crippen molar-refractivity contribution in [3.8, 4) is 22.5 Å². The van der Waals surface area contributed by atoms with Crippen LogP contribution in [0.1, 0.15) is 22.4 Å². The van der Waals surface area contributed by atoms with Crippen LogP contribution in [-0.2, 0) is 7.05 Å². The third-order valence-corrected chi connectivity index (χ3v) is 5.34. The van der Waals surface area contributed by atoms with Gasteiger partial charge >= 0.3 is 0 Å². The molecule has 0 atom stereocenters. The van der Waals surface area contributed by atoms with Gasteiger partial charge in [0.15, 0.2) is 0 Å². The maximum absolute atomic E-state index is 4.65. The molecule has 0 amide bonds. The third kappa shape index (κ3) is 2.99. The number of hydrogen-bond acceptors (Lipinski definition) is 2. The van der Waals surface area contributed by atoms with Crippen LogP contribution in [0.3, 0.4) is 0 Å². The molecule has 0 saturated heterocycles. The van der Waals surface area contributed by atoms with Crippen molar-refractivity contribution < 1.29 is 4.57 Å².